The third-order valence-electron chi connectivity index (χ3n) is 2.21. The number of unbranched alkanes of at least 4 members (excludes halogenated alkanes) is 2. The van der Waals surface area contributed by atoms with E-state index in [-0.39, 0.29) is 11.9 Å². The van der Waals surface area contributed by atoms with Gasteiger partial charge in [0.15, 0.2) is 0 Å². The summed E-state index contributed by atoms with van der Waals surface area (Å²) in [4.78, 5) is 11.0. The van der Waals surface area contributed by atoms with Crippen LogP contribution in [0.2, 0.25) is 0 Å². The number of rotatable bonds is 9. The second kappa shape index (κ2) is 8.97. The molecule has 84 valence electrons. The van der Waals surface area contributed by atoms with Crippen molar-refractivity contribution in [1.82, 2.24) is 5.32 Å². The average Bonchev–Trinajstić information content (AvgIpc) is 2.16. The highest BCUT2D eigenvalue weighted by molar-refractivity contribution is 5.79. The van der Waals surface area contributed by atoms with Gasteiger partial charge in [-0.25, -0.2) is 0 Å². The lowest BCUT2D eigenvalue weighted by molar-refractivity contribution is -0.120. The third-order valence-corrected chi connectivity index (χ3v) is 2.21. The molecule has 0 rings (SSSR count). The topological polar surface area (TPSA) is 81.1 Å². The van der Waals surface area contributed by atoms with Crippen molar-refractivity contribution < 1.29 is 4.79 Å². The van der Waals surface area contributed by atoms with Gasteiger partial charge in [-0.1, -0.05) is 19.8 Å². The van der Waals surface area contributed by atoms with Gasteiger partial charge in [0, 0.05) is 0 Å². The first kappa shape index (κ1) is 13.4. The Bertz CT molecular complexity index is 150. The average molecular weight is 201 g/mol. The van der Waals surface area contributed by atoms with Gasteiger partial charge in [-0.2, -0.15) is 0 Å². The molecule has 1 amide bonds. The van der Waals surface area contributed by atoms with E-state index < -0.39 is 0 Å². The summed E-state index contributed by atoms with van der Waals surface area (Å²) < 4.78 is 0. The largest absolute Gasteiger partial charge is 0.368 e. The molecule has 0 aromatic rings. The number of amides is 1. The van der Waals surface area contributed by atoms with E-state index in [0.717, 1.165) is 25.8 Å². The van der Waals surface area contributed by atoms with Crippen molar-refractivity contribution in [3.8, 4) is 0 Å². The molecule has 0 bridgehead atoms. The Morgan fingerprint density at radius 3 is 2.57 bits per heavy atom. The van der Waals surface area contributed by atoms with E-state index >= 15 is 0 Å². The van der Waals surface area contributed by atoms with Crippen LogP contribution >= 0.6 is 0 Å². The summed E-state index contributed by atoms with van der Waals surface area (Å²) >= 11 is 0. The second-order valence-corrected chi connectivity index (χ2v) is 3.55. The molecule has 1 atom stereocenters. The zero-order valence-corrected chi connectivity index (χ0v) is 9.09. The summed E-state index contributed by atoms with van der Waals surface area (Å²) in [5.74, 6) is -0.269. The normalized spacial score (nSPS) is 12.7. The Labute approximate surface area is 86.4 Å². The predicted molar refractivity (Wildman–Crippen MR) is 58.8 cm³/mol. The lowest BCUT2D eigenvalue weighted by Crippen LogP contribution is -2.41. The molecule has 0 aliphatic rings. The van der Waals surface area contributed by atoms with Gasteiger partial charge < -0.3 is 16.8 Å². The van der Waals surface area contributed by atoms with Gasteiger partial charge in [0.25, 0.3) is 0 Å². The van der Waals surface area contributed by atoms with Crippen LogP contribution < -0.4 is 16.8 Å². The fraction of sp³-hybridized carbons (Fsp3) is 0.900. The van der Waals surface area contributed by atoms with Gasteiger partial charge in [-0.05, 0) is 32.4 Å². The van der Waals surface area contributed by atoms with E-state index in [1.807, 2.05) is 0 Å². The molecule has 5 N–H and O–H groups in total. The molecule has 0 spiro atoms. The van der Waals surface area contributed by atoms with Crippen LogP contribution in [0.1, 0.15) is 39.0 Å². The van der Waals surface area contributed by atoms with Crippen molar-refractivity contribution in [2.75, 3.05) is 13.1 Å². The van der Waals surface area contributed by atoms with Gasteiger partial charge in [0.1, 0.15) is 0 Å². The number of carbonyl (C=O) groups excluding carboxylic acids is 1. The Hall–Kier alpha value is -0.610. The summed E-state index contributed by atoms with van der Waals surface area (Å²) in [5, 5.41) is 3.16. The minimum Gasteiger partial charge on any atom is -0.368 e. The van der Waals surface area contributed by atoms with Crippen molar-refractivity contribution in [2.24, 2.45) is 11.5 Å². The third kappa shape index (κ3) is 6.86. The lowest BCUT2D eigenvalue weighted by atomic mass is 10.1. The number of carbonyl (C=O) groups is 1. The highest BCUT2D eigenvalue weighted by Crippen LogP contribution is 1.97. The maximum atomic E-state index is 11.0. The molecule has 0 fully saturated rings. The molecule has 14 heavy (non-hydrogen) atoms. The molecule has 0 heterocycles. The second-order valence-electron chi connectivity index (χ2n) is 3.55. The zero-order chi connectivity index (χ0) is 10.8. The molecular formula is C10H23N3O. The molecule has 0 saturated carbocycles. The van der Waals surface area contributed by atoms with Crippen LogP contribution in [0.4, 0.5) is 0 Å². The SMILES string of the molecule is CCCCCN[C@@H](CCCN)C(N)=O. The van der Waals surface area contributed by atoms with Crippen LogP contribution in [0.5, 0.6) is 0 Å². The van der Waals surface area contributed by atoms with Crippen LogP contribution in [0.25, 0.3) is 0 Å². The molecule has 0 aliphatic heterocycles. The first-order chi connectivity index (χ1) is 6.72. The molecular weight excluding hydrogens is 178 g/mol. The lowest BCUT2D eigenvalue weighted by Gasteiger charge is -2.14. The van der Waals surface area contributed by atoms with Crippen LogP contribution in [0.3, 0.4) is 0 Å². The Morgan fingerprint density at radius 2 is 2.07 bits per heavy atom. The molecule has 0 aromatic carbocycles. The maximum absolute atomic E-state index is 11.0. The Morgan fingerprint density at radius 1 is 1.36 bits per heavy atom. The highest BCUT2D eigenvalue weighted by atomic mass is 16.1. The summed E-state index contributed by atoms with van der Waals surface area (Å²) in [6.07, 6.45) is 5.07. The minimum absolute atomic E-state index is 0.199. The smallest absolute Gasteiger partial charge is 0.234 e. The first-order valence-electron chi connectivity index (χ1n) is 5.45. The zero-order valence-electron chi connectivity index (χ0n) is 9.09. The summed E-state index contributed by atoms with van der Waals surface area (Å²) in [5.41, 5.74) is 10.6. The molecule has 0 radical (unpaired) electrons. The van der Waals surface area contributed by atoms with Gasteiger partial charge in [0.2, 0.25) is 5.91 Å². The number of hydrogen-bond donors (Lipinski definition) is 3. The molecule has 0 aromatic heterocycles. The molecule has 0 saturated heterocycles. The van der Waals surface area contributed by atoms with Crippen molar-refractivity contribution in [3.63, 3.8) is 0 Å². The molecule has 0 unspecified atom stereocenters. The fourth-order valence-corrected chi connectivity index (χ4v) is 1.32. The Balaban J connectivity index is 3.57. The summed E-state index contributed by atoms with van der Waals surface area (Å²) in [6, 6.07) is -0.199. The van der Waals surface area contributed by atoms with Gasteiger partial charge in [-0.3, -0.25) is 4.79 Å². The molecule has 4 heteroatoms. The van der Waals surface area contributed by atoms with Crippen LogP contribution in [-0.2, 0) is 4.79 Å². The standard InChI is InChI=1S/C10H23N3O/c1-2-3-4-8-13-9(10(12)14)6-5-7-11/h9,13H,2-8,11H2,1H3,(H2,12,14)/t9-/m0/s1. The first-order valence-corrected chi connectivity index (χ1v) is 5.45. The molecule has 4 nitrogen and oxygen atoms in total. The Kier molecular flexibility index (Phi) is 8.57. The van der Waals surface area contributed by atoms with E-state index in [9.17, 15) is 4.79 Å². The van der Waals surface area contributed by atoms with Crippen LogP contribution in [0, 0.1) is 0 Å². The monoisotopic (exact) mass is 201 g/mol. The van der Waals surface area contributed by atoms with E-state index in [1.165, 1.54) is 12.8 Å². The maximum Gasteiger partial charge on any atom is 0.234 e. The predicted octanol–water partition coefficient (Wildman–Crippen LogP) is 0.359. The van der Waals surface area contributed by atoms with E-state index in [0.29, 0.717) is 6.54 Å². The van der Waals surface area contributed by atoms with Crippen molar-refractivity contribution in [1.29, 1.82) is 0 Å². The molecule has 0 aliphatic carbocycles. The highest BCUT2D eigenvalue weighted by Gasteiger charge is 2.12. The van der Waals surface area contributed by atoms with Crippen molar-refractivity contribution in [2.45, 2.75) is 45.1 Å². The van der Waals surface area contributed by atoms with Crippen molar-refractivity contribution in [3.05, 3.63) is 0 Å². The number of primary amides is 1. The quantitative estimate of drug-likeness (QED) is 0.471. The van der Waals surface area contributed by atoms with E-state index in [1.54, 1.807) is 0 Å². The number of nitrogens with two attached hydrogens (primary N) is 2. The van der Waals surface area contributed by atoms with Gasteiger partial charge >= 0.3 is 0 Å². The number of hydrogen-bond acceptors (Lipinski definition) is 3. The van der Waals surface area contributed by atoms with Crippen molar-refractivity contribution >= 4 is 5.91 Å². The van der Waals surface area contributed by atoms with Gasteiger partial charge in [0.05, 0.1) is 6.04 Å². The summed E-state index contributed by atoms with van der Waals surface area (Å²) in [7, 11) is 0. The van der Waals surface area contributed by atoms with Crippen LogP contribution in [0.15, 0.2) is 0 Å². The van der Waals surface area contributed by atoms with Gasteiger partial charge in [-0.15, -0.1) is 0 Å². The van der Waals surface area contributed by atoms with E-state index in [2.05, 4.69) is 12.2 Å². The summed E-state index contributed by atoms with van der Waals surface area (Å²) in [6.45, 7) is 3.63. The minimum atomic E-state index is -0.269. The number of nitrogens with one attached hydrogen (secondary N) is 1. The van der Waals surface area contributed by atoms with E-state index in [4.69, 9.17) is 11.5 Å². The fourth-order valence-electron chi connectivity index (χ4n) is 1.32. The van der Waals surface area contributed by atoms with Crippen LogP contribution in [-0.4, -0.2) is 25.0 Å².